The molecule has 1 unspecified atom stereocenters. The minimum absolute atomic E-state index is 0.228. The van der Waals surface area contributed by atoms with E-state index >= 15 is 0 Å². The van der Waals surface area contributed by atoms with Gasteiger partial charge in [0.1, 0.15) is 11.4 Å². The standard InChI is InChI=1S/C26H30N4O2/c1-24(2,3)20-10-11-25(14-20)16-26(29-23(28)30(4)32-26)21-13-19(8-9-22(21)31-25)18-7-5-6-17(12-18)15-27/h5-9,12-13,20H,10-11,14,16H2,1-4H3,(H2,28,29)/t20?,25-,26-/m1/s1. The molecule has 2 aromatic rings. The van der Waals surface area contributed by atoms with Crippen molar-refractivity contribution < 1.29 is 9.57 Å². The van der Waals surface area contributed by atoms with Crippen LogP contribution in [0.25, 0.3) is 11.1 Å². The van der Waals surface area contributed by atoms with Crippen molar-refractivity contribution in [3.8, 4) is 22.9 Å². The lowest BCUT2D eigenvalue weighted by Crippen LogP contribution is -2.47. The highest BCUT2D eigenvalue weighted by Crippen LogP contribution is 2.57. The number of hydroxylamine groups is 2. The number of fused-ring (bicyclic) bond motifs is 2. The van der Waals surface area contributed by atoms with Crippen LogP contribution in [0.1, 0.15) is 57.6 Å². The van der Waals surface area contributed by atoms with Gasteiger partial charge in [-0.2, -0.15) is 5.26 Å². The summed E-state index contributed by atoms with van der Waals surface area (Å²) in [5.74, 6) is 1.75. The van der Waals surface area contributed by atoms with Crippen LogP contribution >= 0.6 is 0 Å². The van der Waals surface area contributed by atoms with Crippen LogP contribution in [-0.2, 0) is 10.6 Å². The molecule has 1 aliphatic carbocycles. The number of nitrogens with two attached hydrogens (primary N) is 1. The number of nitriles is 1. The second-order valence-electron chi connectivity index (χ2n) is 10.5. The maximum Gasteiger partial charge on any atom is 0.222 e. The zero-order chi connectivity index (χ0) is 22.7. The number of hydrogen-bond acceptors (Lipinski definition) is 6. The van der Waals surface area contributed by atoms with Crippen LogP contribution in [0.4, 0.5) is 0 Å². The molecule has 3 aliphatic rings. The third-order valence-electron chi connectivity index (χ3n) is 7.31. The molecule has 1 saturated carbocycles. The highest BCUT2D eigenvalue weighted by molar-refractivity contribution is 5.79. The first kappa shape index (κ1) is 20.8. The predicted molar refractivity (Wildman–Crippen MR) is 124 cm³/mol. The molecule has 32 heavy (non-hydrogen) atoms. The molecule has 166 valence electrons. The Hall–Kier alpha value is -3.04. The van der Waals surface area contributed by atoms with E-state index < -0.39 is 5.72 Å². The first-order valence-corrected chi connectivity index (χ1v) is 11.3. The van der Waals surface area contributed by atoms with Gasteiger partial charge >= 0.3 is 0 Å². The summed E-state index contributed by atoms with van der Waals surface area (Å²) in [5, 5.41) is 10.9. The van der Waals surface area contributed by atoms with E-state index in [1.54, 1.807) is 12.1 Å². The molecule has 2 N–H and O–H groups in total. The first-order chi connectivity index (χ1) is 15.1. The summed E-state index contributed by atoms with van der Waals surface area (Å²) in [6.45, 7) is 6.92. The molecule has 3 atom stereocenters. The largest absolute Gasteiger partial charge is 0.487 e. The summed E-state index contributed by atoms with van der Waals surface area (Å²) >= 11 is 0. The van der Waals surface area contributed by atoms with Gasteiger partial charge in [-0.15, -0.1) is 0 Å². The fourth-order valence-corrected chi connectivity index (χ4v) is 5.49. The average molecular weight is 431 g/mol. The molecule has 0 radical (unpaired) electrons. The van der Waals surface area contributed by atoms with Gasteiger partial charge in [0.05, 0.1) is 17.2 Å². The van der Waals surface area contributed by atoms with Crippen molar-refractivity contribution in [1.29, 1.82) is 5.26 Å². The van der Waals surface area contributed by atoms with Crippen LogP contribution in [0.5, 0.6) is 5.75 Å². The monoisotopic (exact) mass is 430 g/mol. The molecular weight excluding hydrogens is 400 g/mol. The maximum absolute atomic E-state index is 9.30. The van der Waals surface area contributed by atoms with Gasteiger partial charge in [0.2, 0.25) is 11.7 Å². The van der Waals surface area contributed by atoms with E-state index in [2.05, 4.69) is 32.9 Å². The number of ether oxygens (including phenoxy) is 1. The number of guanidine groups is 1. The lowest BCUT2D eigenvalue weighted by molar-refractivity contribution is -0.204. The van der Waals surface area contributed by atoms with Crippen LogP contribution in [0, 0.1) is 22.7 Å². The number of nitrogens with zero attached hydrogens (tertiary/aromatic N) is 3. The smallest absolute Gasteiger partial charge is 0.222 e. The number of aliphatic imine (C=N–C) groups is 1. The molecule has 5 rings (SSSR count). The van der Waals surface area contributed by atoms with Crippen molar-refractivity contribution in [1.82, 2.24) is 5.06 Å². The van der Waals surface area contributed by atoms with Gasteiger partial charge in [-0.1, -0.05) is 39.0 Å². The molecule has 1 fully saturated rings. The summed E-state index contributed by atoms with van der Waals surface area (Å²) in [5.41, 5.74) is 8.67. The Balaban J connectivity index is 1.60. The van der Waals surface area contributed by atoms with Gasteiger partial charge < -0.3 is 10.5 Å². The fourth-order valence-electron chi connectivity index (χ4n) is 5.49. The van der Waals surface area contributed by atoms with Gasteiger partial charge in [0, 0.05) is 13.5 Å². The second kappa shape index (κ2) is 6.98. The zero-order valence-electron chi connectivity index (χ0n) is 19.2. The van der Waals surface area contributed by atoms with Crippen molar-refractivity contribution in [2.24, 2.45) is 22.1 Å². The number of rotatable bonds is 1. The van der Waals surface area contributed by atoms with Gasteiger partial charge in [-0.3, -0.25) is 0 Å². The topological polar surface area (TPSA) is 83.9 Å². The summed E-state index contributed by atoms with van der Waals surface area (Å²) in [6.07, 6.45) is 3.71. The third-order valence-corrected chi connectivity index (χ3v) is 7.31. The van der Waals surface area contributed by atoms with E-state index in [0.717, 1.165) is 41.7 Å². The molecule has 2 spiro atoms. The zero-order valence-corrected chi connectivity index (χ0v) is 19.2. The van der Waals surface area contributed by atoms with E-state index in [1.165, 1.54) is 0 Å². The fraction of sp³-hybridized carbons (Fsp3) is 0.462. The van der Waals surface area contributed by atoms with Crippen molar-refractivity contribution in [2.45, 2.75) is 57.8 Å². The average Bonchev–Trinajstić information content (AvgIpc) is 3.28. The molecular formula is C26H30N4O2. The van der Waals surface area contributed by atoms with Crippen LogP contribution in [0.2, 0.25) is 0 Å². The van der Waals surface area contributed by atoms with Crippen molar-refractivity contribution >= 4 is 5.96 Å². The molecule has 0 aromatic heterocycles. The molecule has 2 heterocycles. The van der Waals surface area contributed by atoms with E-state index in [4.69, 9.17) is 20.3 Å². The Morgan fingerprint density at radius 2 is 1.97 bits per heavy atom. The normalized spacial score (nSPS) is 29.0. The summed E-state index contributed by atoms with van der Waals surface area (Å²) in [6, 6.07) is 16.0. The van der Waals surface area contributed by atoms with E-state index in [0.29, 0.717) is 23.9 Å². The van der Waals surface area contributed by atoms with Crippen LogP contribution in [-0.4, -0.2) is 23.7 Å². The van der Waals surface area contributed by atoms with Gasteiger partial charge in [0.15, 0.2) is 0 Å². The van der Waals surface area contributed by atoms with Gasteiger partial charge in [-0.05, 0) is 66.0 Å². The molecule has 6 heteroatoms. The number of benzene rings is 2. The molecule has 2 aliphatic heterocycles. The van der Waals surface area contributed by atoms with Crippen molar-refractivity contribution in [2.75, 3.05) is 7.05 Å². The molecule has 0 amide bonds. The highest BCUT2D eigenvalue weighted by atomic mass is 16.7. The van der Waals surface area contributed by atoms with E-state index in [-0.39, 0.29) is 11.0 Å². The quantitative estimate of drug-likeness (QED) is 0.693. The van der Waals surface area contributed by atoms with Crippen LogP contribution in [0.15, 0.2) is 47.5 Å². The SMILES string of the molecule is CN1O[C@@]2(C[C@]3(CCC(C(C)(C)C)C3)Oc3ccc(-c4cccc(C#N)c4)cc32)N=C1N. The molecule has 0 saturated heterocycles. The lowest BCUT2D eigenvalue weighted by Gasteiger charge is -2.44. The van der Waals surface area contributed by atoms with Crippen molar-refractivity contribution in [3.63, 3.8) is 0 Å². The Morgan fingerprint density at radius 3 is 2.62 bits per heavy atom. The summed E-state index contributed by atoms with van der Waals surface area (Å²) in [7, 11) is 1.79. The molecule has 0 bridgehead atoms. The first-order valence-electron chi connectivity index (χ1n) is 11.3. The maximum atomic E-state index is 9.30. The third kappa shape index (κ3) is 3.32. The Kier molecular flexibility index (Phi) is 4.55. The Labute approximate surface area is 189 Å². The summed E-state index contributed by atoms with van der Waals surface area (Å²) < 4.78 is 6.74. The van der Waals surface area contributed by atoms with Crippen molar-refractivity contribution in [3.05, 3.63) is 53.6 Å². The summed E-state index contributed by atoms with van der Waals surface area (Å²) in [4.78, 5) is 11.2. The predicted octanol–water partition coefficient (Wildman–Crippen LogP) is 4.94. The van der Waals surface area contributed by atoms with Crippen LogP contribution < -0.4 is 10.5 Å². The second-order valence-corrected chi connectivity index (χ2v) is 10.5. The van der Waals surface area contributed by atoms with Gasteiger partial charge in [-0.25, -0.2) is 14.9 Å². The number of hydrogen-bond donors (Lipinski definition) is 1. The van der Waals surface area contributed by atoms with Crippen LogP contribution in [0.3, 0.4) is 0 Å². The van der Waals surface area contributed by atoms with E-state index in [1.807, 2.05) is 36.4 Å². The Bertz CT molecular complexity index is 1150. The molecule has 6 nitrogen and oxygen atoms in total. The lowest BCUT2D eigenvalue weighted by atomic mass is 9.77. The van der Waals surface area contributed by atoms with Gasteiger partial charge in [0.25, 0.3) is 0 Å². The Morgan fingerprint density at radius 1 is 1.19 bits per heavy atom. The highest BCUT2D eigenvalue weighted by Gasteiger charge is 2.57. The minimum atomic E-state index is -0.901. The molecule has 2 aromatic carbocycles. The van der Waals surface area contributed by atoms with E-state index in [9.17, 15) is 5.26 Å². The minimum Gasteiger partial charge on any atom is -0.487 e.